The predicted molar refractivity (Wildman–Crippen MR) is 129 cm³/mol. The minimum Gasteiger partial charge on any atom is -0.384 e. The molecule has 0 spiro atoms. The van der Waals surface area contributed by atoms with Crippen LogP contribution in [0.25, 0.3) is 0 Å². The first-order chi connectivity index (χ1) is 16.2. The van der Waals surface area contributed by atoms with Gasteiger partial charge in [0.25, 0.3) is 5.91 Å². The molecule has 1 saturated heterocycles. The number of nitrogens with zero attached hydrogens (tertiary/aromatic N) is 2. The molecule has 1 aromatic heterocycles. The smallest absolute Gasteiger partial charge is 0.331 e. The summed E-state index contributed by atoms with van der Waals surface area (Å²) in [6, 6.07) is 3.08. The number of piperidine rings is 1. The van der Waals surface area contributed by atoms with Crippen LogP contribution in [0.3, 0.4) is 0 Å². The summed E-state index contributed by atoms with van der Waals surface area (Å²) >= 11 is 0. The Morgan fingerprint density at radius 2 is 1.88 bits per heavy atom. The lowest BCUT2D eigenvalue weighted by molar-refractivity contribution is -0.900. The third-order valence-corrected chi connectivity index (χ3v) is 8.55. The summed E-state index contributed by atoms with van der Waals surface area (Å²) < 4.78 is -0.0113. The fourth-order valence-electron chi connectivity index (χ4n) is 6.72. The minimum absolute atomic E-state index is 0.0113. The van der Waals surface area contributed by atoms with E-state index in [-0.39, 0.29) is 22.9 Å². The van der Waals surface area contributed by atoms with Crippen molar-refractivity contribution in [3.63, 3.8) is 0 Å². The Kier molecular flexibility index (Phi) is 6.96. The zero-order chi connectivity index (χ0) is 24.5. The summed E-state index contributed by atoms with van der Waals surface area (Å²) in [6.07, 6.45) is 8.71. The highest BCUT2D eigenvalue weighted by Gasteiger charge is 2.76. The fraction of sp³-hybridized carbons (Fsp3) is 0.680. The molecule has 2 aliphatic carbocycles. The number of anilines is 1. The SMILES string of the molecule is Cc1nc(N)ccc1C[N+]1(C(=O)[C@@H](CC2CCCCC2)NCC(N)=O)CCC[C@@H]2C[C@@]21C(N)=O. The van der Waals surface area contributed by atoms with Gasteiger partial charge >= 0.3 is 5.91 Å². The summed E-state index contributed by atoms with van der Waals surface area (Å²) in [5.41, 5.74) is 18.1. The van der Waals surface area contributed by atoms with Crippen LogP contribution in [0.5, 0.6) is 0 Å². The molecule has 34 heavy (non-hydrogen) atoms. The van der Waals surface area contributed by atoms with Crippen LogP contribution >= 0.6 is 0 Å². The first-order valence-electron chi connectivity index (χ1n) is 12.6. The Bertz CT molecular complexity index is 962. The van der Waals surface area contributed by atoms with E-state index in [9.17, 15) is 14.4 Å². The number of amides is 3. The van der Waals surface area contributed by atoms with Crippen LogP contribution < -0.4 is 22.5 Å². The van der Waals surface area contributed by atoms with Crippen molar-refractivity contribution in [2.24, 2.45) is 23.3 Å². The molecular formula is C25H39N6O3+. The highest BCUT2D eigenvalue weighted by molar-refractivity contribution is 5.91. The summed E-state index contributed by atoms with van der Waals surface area (Å²) in [7, 11) is 0. The molecule has 3 fully saturated rings. The zero-order valence-electron chi connectivity index (χ0n) is 20.2. The van der Waals surface area contributed by atoms with Gasteiger partial charge in [-0.15, -0.1) is 0 Å². The van der Waals surface area contributed by atoms with Gasteiger partial charge in [-0.25, -0.2) is 14.3 Å². The number of likely N-dealkylation sites (tertiary alicyclic amines) is 1. The summed E-state index contributed by atoms with van der Waals surface area (Å²) in [4.78, 5) is 43.5. The van der Waals surface area contributed by atoms with Gasteiger partial charge < -0.3 is 17.2 Å². The van der Waals surface area contributed by atoms with Crippen molar-refractivity contribution in [3.05, 3.63) is 23.4 Å². The maximum Gasteiger partial charge on any atom is 0.331 e. The minimum atomic E-state index is -0.900. The standard InChI is InChI=1S/C25H38N6O3/c1-16-18(9-10-21(26)30-16)15-31(11-5-8-19-13-25(19,31)24(28)34)23(33)20(29-14-22(27)32)12-17-6-3-2-4-7-17/h9-10,17,19-20,29H,2-8,11-15H2,1H3,(H5-,26,27,28,30,32,34)/p+1/t19-,20-,25+,31?/m1/s1. The summed E-state index contributed by atoms with van der Waals surface area (Å²) in [5, 5.41) is 3.17. The van der Waals surface area contributed by atoms with Gasteiger partial charge in [-0.2, -0.15) is 0 Å². The number of primary amides is 2. The van der Waals surface area contributed by atoms with Gasteiger partial charge in [-0.05, 0) is 44.2 Å². The first-order valence-corrected chi connectivity index (χ1v) is 12.6. The average molecular weight is 472 g/mol. The molecule has 1 unspecified atom stereocenters. The third-order valence-electron chi connectivity index (χ3n) is 8.55. The number of nitrogen functional groups attached to an aromatic ring is 1. The van der Waals surface area contributed by atoms with Crippen molar-refractivity contribution in [2.45, 2.75) is 82.8 Å². The lowest BCUT2D eigenvalue weighted by Crippen LogP contribution is -2.71. The second-order valence-corrected chi connectivity index (χ2v) is 10.6. The number of hydrogen-bond acceptors (Lipinski definition) is 6. The Hall–Kier alpha value is -2.52. The van der Waals surface area contributed by atoms with E-state index >= 15 is 0 Å². The number of quaternary nitrogens is 1. The molecule has 1 aliphatic heterocycles. The lowest BCUT2D eigenvalue weighted by atomic mass is 9.83. The number of rotatable bonds is 9. The number of aryl methyl sites for hydroxylation is 1. The van der Waals surface area contributed by atoms with E-state index in [1.165, 1.54) is 6.42 Å². The Labute approximate surface area is 201 Å². The molecule has 4 atom stereocenters. The van der Waals surface area contributed by atoms with E-state index in [4.69, 9.17) is 17.2 Å². The van der Waals surface area contributed by atoms with Crippen molar-refractivity contribution in [3.8, 4) is 0 Å². The molecule has 3 amide bonds. The van der Waals surface area contributed by atoms with Gasteiger partial charge in [-0.1, -0.05) is 32.1 Å². The number of carbonyl (C=O) groups is 3. The molecule has 0 aromatic carbocycles. The molecule has 0 bridgehead atoms. The third kappa shape index (κ3) is 4.43. The zero-order valence-corrected chi connectivity index (χ0v) is 20.2. The number of nitrogens with one attached hydrogen (secondary N) is 1. The highest BCUT2D eigenvalue weighted by Crippen LogP contribution is 2.59. The number of aromatic nitrogens is 1. The monoisotopic (exact) mass is 471 g/mol. The van der Waals surface area contributed by atoms with Gasteiger partial charge in [0, 0.05) is 23.6 Å². The maximum atomic E-state index is 14.5. The van der Waals surface area contributed by atoms with E-state index in [1.807, 2.05) is 13.0 Å². The average Bonchev–Trinajstić information content (AvgIpc) is 3.56. The highest BCUT2D eigenvalue weighted by atomic mass is 16.2. The lowest BCUT2D eigenvalue weighted by Gasteiger charge is -2.46. The molecule has 186 valence electrons. The number of fused-ring (bicyclic) bond motifs is 1. The van der Waals surface area contributed by atoms with Crippen LogP contribution in [0.1, 0.15) is 69.0 Å². The van der Waals surface area contributed by atoms with E-state index in [1.54, 1.807) is 6.07 Å². The van der Waals surface area contributed by atoms with E-state index in [0.29, 0.717) is 37.7 Å². The largest absolute Gasteiger partial charge is 0.384 e. The molecule has 9 nitrogen and oxygen atoms in total. The summed E-state index contributed by atoms with van der Waals surface area (Å²) in [5.74, 6) is -0.0188. The molecule has 7 N–H and O–H groups in total. The van der Waals surface area contributed by atoms with E-state index < -0.39 is 23.4 Å². The van der Waals surface area contributed by atoms with Gasteiger partial charge in [0.1, 0.15) is 18.4 Å². The van der Waals surface area contributed by atoms with Crippen LogP contribution in [0.15, 0.2) is 12.1 Å². The van der Waals surface area contributed by atoms with E-state index in [0.717, 1.165) is 49.8 Å². The Morgan fingerprint density at radius 3 is 2.53 bits per heavy atom. The molecular weight excluding hydrogens is 432 g/mol. The number of nitrogens with two attached hydrogens (primary N) is 3. The van der Waals surface area contributed by atoms with Crippen molar-refractivity contribution in [1.82, 2.24) is 10.3 Å². The molecule has 2 heterocycles. The van der Waals surface area contributed by atoms with E-state index in [2.05, 4.69) is 10.3 Å². The second-order valence-electron chi connectivity index (χ2n) is 10.6. The maximum absolute atomic E-state index is 14.5. The molecule has 0 radical (unpaired) electrons. The normalized spacial score (nSPS) is 29.7. The fourth-order valence-corrected chi connectivity index (χ4v) is 6.72. The second kappa shape index (κ2) is 9.62. The van der Waals surface area contributed by atoms with Crippen LogP contribution in [0.2, 0.25) is 0 Å². The molecule has 1 aromatic rings. The van der Waals surface area contributed by atoms with Gasteiger partial charge in [0.05, 0.1) is 13.1 Å². The Morgan fingerprint density at radius 1 is 1.15 bits per heavy atom. The number of carbonyl (C=O) groups excluding carboxylic acids is 3. The van der Waals surface area contributed by atoms with Gasteiger partial charge in [-0.3, -0.25) is 14.9 Å². The quantitative estimate of drug-likeness (QED) is 0.398. The van der Waals surface area contributed by atoms with Gasteiger partial charge in [0.15, 0.2) is 5.54 Å². The van der Waals surface area contributed by atoms with Crippen molar-refractivity contribution in [1.29, 1.82) is 0 Å². The van der Waals surface area contributed by atoms with Gasteiger partial charge in [0.2, 0.25) is 5.91 Å². The van der Waals surface area contributed by atoms with Crippen LogP contribution in [-0.2, 0) is 20.9 Å². The van der Waals surface area contributed by atoms with Crippen LogP contribution in [-0.4, -0.2) is 51.9 Å². The number of hydrogen-bond donors (Lipinski definition) is 4. The number of pyridine rings is 1. The molecule has 3 aliphatic rings. The van der Waals surface area contributed by atoms with Crippen LogP contribution in [0, 0.1) is 18.8 Å². The summed E-state index contributed by atoms with van der Waals surface area (Å²) in [6.45, 7) is 2.69. The predicted octanol–water partition coefficient (Wildman–Crippen LogP) is 1.27. The molecule has 9 heteroatoms. The molecule has 2 saturated carbocycles. The van der Waals surface area contributed by atoms with Crippen molar-refractivity contribution in [2.75, 3.05) is 18.8 Å². The van der Waals surface area contributed by atoms with Crippen LogP contribution in [0.4, 0.5) is 5.82 Å². The Balaban J connectivity index is 1.73. The topological polar surface area (TPSA) is 154 Å². The van der Waals surface area contributed by atoms with Crippen molar-refractivity contribution >= 4 is 23.5 Å². The molecule has 4 rings (SSSR count). The van der Waals surface area contributed by atoms with Crippen molar-refractivity contribution < 1.29 is 18.9 Å². The first kappa shape index (κ1) is 24.6.